The Morgan fingerprint density at radius 2 is 1.88 bits per heavy atom. The third-order valence-corrected chi connectivity index (χ3v) is 7.15. The van der Waals surface area contributed by atoms with E-state index in [0.29, 0.717) is 46.2 Å². The van der Waals surface area contributed by atoms with Gasteiger partial charge in [-0.1, -0.05) is 0 Å². The number of halogens is 1. The molecule has 0 atom stereocenters. The van der Waals surface area contributed by atoms with Crippen molar-refractivity contribution in [3.8, 4) is 28.6 Å². The topological polar surface area (TPSA) is 168 Å². The molecule has 12 heteroatoms. The van der Waals surface area contributed by atoms with Crippen LogP contribution in [0.2, 0.25) is 0 Å². The molecule has 4 aromatic heterocycles. The van der Waals surface area contributed by atoms with E-state index in [1.165, 1.54) is 18.2 Å². The van der Waals surface area contributed by atoms with Crippen molar-refractivity contribution in [2.24, 2.45) is 5.73 Å². The van der Waals surface area contributed by atoms with E-state index < -0.39 is 5.91 Å². The summed E-state index contributed by atoms with van der Waals surface area (Å²) in [6.45, 7) is 0. The van der Waals surface area contributed by atoms with Gasteiger partial charge in [0.2, 0.25) is 5.91 Å². The molecule has 0 radical (unpaired) electrons. The molecule has 0 unspecified atom stereocenters. The minimum atomic E-state index is -0.627. The van der Waals surface area contributed by atoms with E-state index in [1.807, 2.05) is 41.1 Å². The highest BCUT2D eigenvalue weighted by atomic mass is 19.1. The second-order valence-electron chi connectivity index (χ2n) is 9.84. The number of aromatic hydroxyl groups is 1. The van der Waals surface area contributed by atoms with E-state index in [0.717, 1.165) is 30.4 Å². The van der Waals surface area contributed by atoms with E-state index in [-0.39, 0.29) is 22.7 Å². The van der Waals surface area contributed by atoms with Gasteiger partial charge >= 0.3 is 0 Å². The highest BCUT2D eigenvalue weighted by molar-refractivity contribution is 5.95. The summed E-state index contributed by atoms with van der Waals surface area (Å²) in [7, 11) is 0. The summed E-state index contributed by atoms with van der Waals surface area (Å²) in [5.41, 5.74) is 15.8. The van der Waals surface area contributed by atoms with Gasteiger partial charge in [0.05, 0.1) is 16.8 Å². The van der Waals surface area contributed by atoms with Crippen LogP contribution in [0, 0.1) is 5.82 Å². The Morgan fingerprint density at radius 1 is 1.02 bits per heavy atom. The smallest absolute Gasteiger partial charge is 0.248 e. The number of pyridine rings is 2. The van der Waals surface area contributed by atoms with Crippen molar-refractivity contribution in [1.82, 2.24) is 29.3 Å². The molecule has 0 aliphatic heterocycles. The number of rotatable bonds is 5. The molecule has 43 heavy (non-hydrogen) atoms. The Balaban J connectivity index is 0.000000232. The Morgan fingerprint density at radius 3 is 2.63 bits per heavy atom. The Kier molecular flexibility index (Phi) is 7.08. The number of phenolic OH excluding ortho intramolecular Hbond substituents is 1. The zero-order valence-corrected chi connectivity index (χ0v) is 22.7. The van der Waals surface area contributed by atoms with Crippen LogP contribution < -0.4 is 11.5 Å². The number of nitrogens with two attached hydrogens (primary N) is 2. The summed E-state index contributed by atoms with van der Waals surface area (Å²) in [6.07, 6.45) is 8.21. The lowest BCUT2D eigenvalue weighted by Gasteiger charge is -2.13. The van der Waals surface area contributed by atoms with E-state index in [9.17, 15) is 14.0 Å². The van der Waals surface area contributed by atoms with Gasteiger partial charge in [0.1, 0.15) is 22.9 Å². The van der Waals surface area contributed by atoms with Gasteiger partial charge in [0.25, 0.3) is 0 Å². The number of nitrogens with zero attached hydrogens (tertiary/aromatic N) is 6. The van der Waals surface area contributed by atoms with Gasteiger partial charge < -0.3 is 16.6 Å². The van der Waals surface area contributed by atoms with E-state index >= 15 is 0 Å². The Bertz CT molecular complexity index is 2000. The lowest BCUT2D eigenvalue weighted by Crippen LogP contribution is -2.10. The van der Waals surface area contributed by atoms with Gasteiger partial charge in [-0.3, -0.25) is 14.2 Å². The first kappa shape index (κ1) is 27.3. The largest absolute Gasteiger partial charge is 0.507 e. The van der Waals surface area contributed by atoms with Gasteiger partial charge in [-0.15, -0.1) is 0 Å². The summed E-state index contributed by atoms with van der Waals surface area (Å²) in [4.78, 5) is 34.7. The average Bonchev–Trinajstić information content (AvgIpc) is 3.78. The zero-order valence-electron chi connectivity index (χ0n) is 22.7. The van der Waals surface area contributed by atoms with Gasteiger partial charge in [0, 0.05) is 24.2 Å². The zero-order chi connectivity index (χ0) is 30.1. The van der Waals surface area contributed by atoms with Crippen molar-refractivity contribution in [1.29, 1.82) is 0 Å². The monoisotopic (exact) mass is 576 g/mol. The van der Waals surface area contributed by atoms with Crippen LogP contribution in [0.25, 0.3) is 34.1 Å². The second-order valence-corrected chi connectivity index (χ2v) is 9.84. The number of anilines is 1. The summed E-state index contributed by atoms with van der Waals surface area (Å²) in [5, 5.41) is 13.3. The lowest BCUT2D eigenvalue weighted by atomic mass is 10.1. The van der Waals surface area contributed by atoms with Crippen molar-refractivity contribution in [3.05, 3.63) is 107 Å². The van der Waals surface area contributed by atoms with Crippen LogP contribution in [0.1, 0.15) is 38.3 Å². The van der Waals surface area contributed by atoms with Crippen LogP contribution in [0.4, 0.5) is 10.2 Å². The molecule has 7 rings (SSSR count). The third-order valence-electron chi connectivity index (χ3n) is 7.15. The van der Waals surface area contributed by atoms with Crippen molar-refractivity contribution < 1.29 is 19.1 Å². The molecule has 0 spiro atoms. The number of primary amides is 1. The number of aromatic nitrogens is 6. The number of carbonyl (C=O) groups is 2. The fraction of sp³-hybridized carbons (Fsp3) is 0.0968. The van der Waals surface area contributed by atoms with Crippen molar-refractivity contribution in [2.45, 2.75) is 19.3 Å². The molecule has 0 fully saturated rings. The number of carbonyl (C=O) groups excluding carboxylic acids is 2. The molecule has 11 nitrogen and oxygen atoms in total. The number of hydrogen-bond acceptors (Lipinski definition) is 8. The fourth-order valence-electron chi connectivity index (χ4n) is 5.08. The maximum Gasteiger partial charge on any atom is 0.248 e. The Labute approximate surface area is 244 Å². The first-order valence-electron chi connectivity index (χ1n) is 13.3. The molecule has 1 amide bonds. The minimum Gasteiger partial charge on any atom is -0.507 e. The van der Waals surface area contributed by atoms with Crippen LogP contribution in [0.5, 0.6) is 5.75 Å². The molecule has 0 saturated heterocycles. The first-order valence-corrected chi connectivity index (χ1v) is 13.3. The van der Waals surface area contributed by atoms with Gasteiger partial charge in [-0.25, -0.2) is 24.0 Å². The number of benzene rings is 2. The van der Waals surface area contributed by atoms with Gasteiger partial charge in [-0.05, 0) is 91.1 Å². The SMILES string of the molecule is NC(=O)c1ccc(O)c(C=O)c1.Nc1ncccc1-c1nc2ccc(-n3cccn3)nc2n1-c1cc(F)c2c(c1)CCC2. The predicted molar refractivity (Wildman–Crippen MR) is 158 cm³/mol. The van der Waals surface area contributed by atoms with E-state index in [1.54, 1.807) is 29.2 Å². The molecule has 0 bridgehead atoms. The molecule has 5 N–H and O–H groups in total. The molecule has 0 saturated carbocycles. The molecule has 6 aromatic rings. The van der Waals surface area contributed by atoms with Crippen LogP contribution in [-0.2, 0) is 12.8 Å². The summed E-state index contributed by atoms with van der Waals surface area (Å²) < 4.78 is 18.5. The Hall–Kier alpha value is -5.91. The average molecular weight is 577 g/mol. The summed E-state index contributed by atoms with van der Waals surface area (Å²) in [5.74, 6) is 0.593. The molecule has 214 valence electrons. The van der Waals surface area contributed by atoms with Crippen molar-refractivity contribution in [2.75, 3.05) is 5.73 Å². The summed E-state index contributed by atoms with van der Waals surface area (Å²) >= 11 is 0. The summed E-state index contributed by atoms with van der Waals surface area (Å²) in [6, 6.07) is 16.7. The molecular formula is C31H25FN8O3. The van der Waals surface area contributed by atoms with Crippen LogP contribution in [0.3, 0.4) is 0 Å². The maximum atomic E-state index is 15.0. The normalized spacial score (nSPS) is 12.0. The third kappa shape index (κ3) is 5.17. The first-order chi connectivity index (χ1) is 20.8. The van der Waals surface area contributed by atoms with Crippen LogP contribution >= 0.6 is 0 Å². The second kappa shape index (κ2) is 11.2. The highest BCUT2D eigenvalue weighted by Crippen LogP contribution is 2.34. The number of aryl methyl sites for hydroxylation is 1. The van der Waals surface area contributed by atoms with Crippen LogP contribution in [0.15, 0.2) is 79.3 Å². The quantitative estimate of drug-likeness (QED) is 0.257. The molecule has 1 aliphatic rings. The number of hydrogen-bond donors (Lipinski definition) is 3. The lowest BCUT2D eigenvalue weighted by molar-refractivity contribution is 0.1000. The van der Waals surface area contributed by atoms with Crippen molar-refractivity contribution >= 4 is 29.2 Å². The van der Waals surface area contributed by atoms with E-state index in [4.69, 9.17) is 26.5 Å². The number of fused-ring (bicyclic) bond motifs is 2. The molecule has 2 aromatic carbocycles. The molecule has 4 heterocycles. The number of imidazole rings is 1. The van der Waals surface area contributed by atoms with E-state index in [2.05, 4.69) is 10.1 Å². The standard InChI is InChI=1S/C23H18FN7.C8H7NO3/c24-18-13-15(12-14-4-1-5-16(14)18)31-22(17-6-2-9-26-21(17)25)28-19-7-8-20(29-23(19)31)30-11-3-10-27-30;9-8(12)5-1-2-7(11)6(3-5)4-10/h2-3,6-13H,1,4-5H2,(H2,25,26);1-4,11H,(H2,9,12). The fourth-order valence-corrected chi connectivity index (χ4v) is 5.08. The van der Waals surface area contributed by atoms with Crippen molar-refractivity contribution in [3.63, 3.8) is 0 Å². The number of aldehydes is 1. The number of phenols is 1. The minimum absolute atomic E-state index is 0.0614. The van der Waals surface area contributed by atoms with Gasteiger partial charge in [-0.2, -0.15) is 5.10 Å². The predicted octanol–water partition coefficient (Wildman–Crippen LogP) is 4.18. The number of nitrogen functional groups attached to an aromatic ring is 1. The van der Waals surface area contributed by atoms with Gasteiger partial charge in [0.15, 0.2) is 23.6 Å². The molecular weight excluding hydrogens is 551 g/mol. The highest BCUT2D eigenvalue weighted by Gasteiger charge is 2.22. The molecule has 1 aliphatic carbocycles. The van der Waals surface area contributed by atoms with Crippen LogP contribution in [-0.4, -0.2) is 46.6 Å². The maximum absolute atomic E-state index is 15.0. The number of amides is 1.